The number of halogens is 2. The SMILES string of the molecule is CS(=O)(=O)c1ccc(F)c(NC(=O)CSCc2cccc(Cl)c2)c1. The Kier molecular flexibility index (Phi) is 6.26. The molecule has 0 radical (unpaired) electrons. The van der Waals surface area contributed by atoms with Crippen molar-refractivity contribution in [3.63, 3.8) is 0 Å². The van der Waals surface area contributed by atoms with Crippen LogP contribution in [0.4, 0.5) is 10.1 Å². The van der Waals surface area contributed by atoms with Crippen LogP contribution in [0.5, 0.6) is 0 Å². The van der Waals surface area contributed by atoms with Crippen molar-refractivity contribution in [3.05, 3.63) is 58.9 Å². The topological polar surface area (TPSA) is 63.2 Å². The minimum Gasteiger partial charge on any atom is -0.323 e. The van der Waals surface area contributed by atoms with E-state index in [0.29, 0.717) is 10.8 Å². The summed E-state index contributed by atoms with van der Waals surface area (Å²) in [5.41, 5.74) is 0.830. The lowest BCUT2D eigenvalue weighted by atomic mass is 10.2. The second-order valence-electron chi connectivity index (χ2n) is 5.08. The molecule has 24 heavy (non-hydrogen) atoms. The highest BCUT2D eigenvalue weighted by Crippen LogP contribution is 2.21. The maximum Gasteiger partial charge on any atom is 0.234 e. The van der Waals surface area contributed by atoms with Crippen LogP contribution < -0.4 is 5.32 Å². The monoisotopic (exact) mass is 387 g/mol. The van der Waals surface area contributed by atoms with Crippen LogP contribution in [0.25, 0.3) is 0 Å². The summed E-state index contributed by atoms with van der Waals surface area (Å²) in [5, 5.41) is 3.02. The van der Waals surface area contributed by atoms with Gasteiger partial charge >= 0.3 is 0 Å². The van der Waals surface area contributed by atoms with Gasteiger partial charge in [-0.1, -0.05) is 23.7 Å². The van der Waals surface area contributed by atoms with Gasteiger partial charge in [0.05, 0.1) is 16.3 Å². The lowest BCUT2D eigenvalue weighted by Gasteiger charge is -2.08. The fourth-order valence-corrected chi connectivity index (χ4v) is 3.54. The molecule has 0 bridgehead atoms. The number of carbonyl (C=O) groups excluding carboxylic acids is 1. The molecule has 128 valence electrons. The van der Waals surface area contributed by atoms with Crippen molar-refractivity contribution >= 4 is 44.8 Å². The zero-order valence-corrected chi connectivity index (χ0v) is 15.1. The number of hydrogen-bond donors (Lipinski definition) is 1. The van der Waals surface area contributed by atoms with Crippen molar-refractivity contribution in [3.8, 4) is 0 Å². The molecule has 0 atom stereocenters. The van der Waals surface area contributed by atoms with Crippen molar-refractivity contribution in [2.45, 2.75) is 10.6 Å². The Hall–Kier alpha value is -1.57. The van der Waals surface area contributed by atoms with Gasteiger partial charge in [0.25, 0.3) is 0 Å². The summed E-state index contributed by atoms with van der Waals surface area (Å²) >= 11 is 7.23. The van der Waals surface area contributed by atoms with Gasteiger partial charge in [-0.05, 0) is 35.9 Å². The zero-order valence-electron chi connectivity index (χ0n) is 12.8. The van der Waals surface area contributed by atoms with Gasteiger partial charge in [-0.2, -0.15) is 0 Å². The zero-order chi connectivity index (χ0) is 17.7. The second-order valence-corrected chi connectivity index (χ2v) is 8.52. The Bertz CT molecular complexity index is 856. The average Bonchev–Trinajstić information content (AvgIpc) is 2.48. The van der Waals surface area contributed by atoms with Gasteiger partial charge in [0, 0.05) is 17.0 Å². The highest BCUT2D eigenvalue weighted by Gasteiger charge is 2.13. The third kappa shape index (κ3) is 5.51. The van der Waals surface area contributed by atoms with Gasteiger partial charge in [0.2, 0.25) is 5.91 Å². The minimum atomic E-state index is -3.47. The number of thioether (sulfide) groups is 1. The average molecular weight is 388 g/mol. The molecule has 1 N–H and O–H groups in total. The lowest BCUT2D eigenvalue weighted by Crippen LogP contribution is -2.15. The number of rotatable bonds is 6. The predicted octanol–water partition coefficient (Wildman–Crippen LogP) is 3.75. The summed E-state index contributed by atoms with van der Waals surface area (Å²) < 4.78 is 36.7. The summed E-state index contributed by atoms with van der Waals surface area (Å²) in [6.45, 7) is 0. The molecule has 0 aliphatic rings. The molecule has 0 spiro atoms. The molecule has 0 unspecified atom stereocenters. The van der Waals surface area contributed by atoms with E-state index >= 15 is 0 Å². The first kappa shape index (κ1) is 18.8. The van der Waals surface area contributed by atoms with Gasteiger partial charge in [-0.3, -0.25) is 4.79 Å². The van der Waals surface area contributed by atoms with E-state index in [4.69, 9.17) is 11.6 Å². The number of anilines is 1. The molecule has 0 fully saturated rings. The smallest absolute Gasteiger partial charge is 0.234 e. The molecule has 4 nitrogen and oxygen atoms in total. The van der Waals surface area contributed by atoms with Crippen LogP contribution in [-0.2, 0) is 20.4 Å². The summed E-state index contributed by atoms with van der Waals surface area (Å²) in [4.78, 5) is 11.9. The van der Waals surface area contributed by atoms with E-state index in [9.17, 15) is 17.6 Å². The molecule has 0 aromatic heterocycles. The van der Waals surface area contributed by atoms with E-state index < -0.39 is 21.6 Å². The molecule has 0 saturated heterocycles. The van der Waals surface area contributed by atoms with E-state index in [1.54, 1.807) is 6.07 Å². The van der Waals surface area contributed by atoms with Crippen LogP contribution in [0.3, 0.4) is 0 Å². The quantitative estimate of drug-likeness (QED) is 0.766. The number of benzene rings is 2. The van der Waals surface area contributed by atoms with E-state index in [-0.39, 0.29) is 16.3 Å². The molecule has 1 amide bonds. The Morgan fingerprint density at radius 1 is 1.25 bits per heavy atom. The Morgan fingerprint density at radius 2 is 2.00 bits per heavy atom. The summed E-state index contributed by atoms with van der Waals surface area (Å²) in [7, 11) is -3.47. The first-order valence-electron chi connectivity index (χ1n) is 6.87. The fraction of sp³-hybridized carbons (Fsp3) is 0.188. The molecule has 2 aromatic carbocycles. The second kappa shape index (κ2) is 8.00. The van der Waals surface area contributed by atoms with Crippen LogP contribution >= 0.6 is 23.4 Å². The summed E-state index contributed by atoms with van der Waals surface area (Å²) in [6, 6.07) is 10.6. The molecular weight excluding hydrogens is 373 g/mol. The Labute approximate surface area is 149 Å². The van der Waals surface area contributed by atoms with Crippen LogP contribution in [0.2, 0.25) is 5.02 Å². The fourth-order valence-electron chi connectivity index (χ4n) is 1.91. The third-order valence-corrected chi connectivity index (χ3v) is 5.38. The van der Waals surface area contributed by atoms with Gasteiger partial charge in [0.15, 0.2) is 9.84 Å². The van der Waals surface area contributed by atoms with E-state index in [1.807, 2.05) is 18.2 Å². The maximum absolute atomic E-state index is 13.7. The Morgan fingerprint density at radius 3 is 2.67 bits per heavy atom. The van der Waals surface area contributed by atoms with Crippen LogP contribution in [-0.4, -0.2) is 26.3 Å². The predicted molar refractivity (Wildman–Crippen MR) is 95.8 cm³/mol. The van der Waals surface area contributed by atoms with Gasteiger partial charge < -0.3 is 5.32 Å². The first-order valence-corrected chi connectivity index (χ1v) is 10.3. The van der Waals surface area contributed by atoms with Crippen molar-refractivity contribution in [2.75, 3.05) is 17.3 Å². The van der Waals surface area contributed by atoms with E-state index in [2.05, 4.69) is 5.32 Å². The number of carbonyl (C=O) groups is 1. The molecule has 2 aromatic rings. The van der Waals surface area contributed by atoms with E-state index in [1.165, 1.54) is 11.8 Å². The summed E-state index contributed by atoms with van der Waals surface area (Å²) in [6.07, 6.45) is 1.02. The molecule has 0 heterocycles. The van der Waals surface area contributed by atoms with E-state index in [0.717, 1.165) is 30.0 Å². The molecule has 8 heteroatoms. The van der Waals surface area contributed by atoms with Crippen molar-refractivity contribution in [2.24, 2.45) is 0 Å². The number of nitrogens with one attached hydrogen (secondary N) is 1. The van der Waals surface area contributed by atoms with Crippen LogP contribution in [0, 0.1) is 5.82 Å². The maximum atomic E-state index is 13.7. The molecule has 0 aliphatic carbocycles. The van der Waals surface area contributed by atoms with Crippen molar-refractivity contribution in [1.29, 1.82) is 0 Å². The number of sulfone groups is 1. The largest absolute Gasteiger partial charge is 0.323 e. The van der Waals surface area contributed by atoms with Crippen molar-refractivity contribution < 1.29 is 17.6 Å². The highest BCUT2D eigenvalue weighted by molar-refractivity contribution is 7.99. The van der Waals surface area contributed by atoms with Crippen LogP contribution in [0.1, 0.15) is 5.56 Å². The lowest BCUT2D eigenvalue weighted by molar-refractivity contribution is -0.113. The normalized spacial score (nSPS) is 11.3. The number of hydrogen-bond acceptors (Lipinski definition) is 4. The van der Waals surface area contributed by atoms with Crippen LogP contribution in [0.15, 0.2) is 47.4 Å². The molecular formula is C16H15ClFNO3S2. The first-order chi connectivity index (χ1) is 11.3. The van der Waals surface area contributed by atoms with Gasteiger partial charge in [0.1, 0.15) is 5.82 Å². The minimum absolute atomic E-state index is 0.0502. The molecule has 0 saturated carbocycles. The van der Waals surface area contributed by atoms with Gasteiger partial charge in [-0.15, -0.1) is 11.8 Å². The number of amides is 1. The third-order valence-electron chi connectivity index (χ3n) is 3.03. The summed E-state index contributed by atoms with van der Waals surface area (Å²) in [5.74, 6) is -0.406. The van der Waals surface area contributed by atoms with Crippen molar-refractivity contribution in [1.82, 2.24) is 0 Å². The molecule has 0 aliphatic heterocycles. The van der Waals surface area contributed by atoms with Gasteiger partial charge in [-0.25, -0.2) is 12.8 Å². The highest BCUT2D eigenvalue weighted by atomic mass is 35.5. The molecule has 2 rings (SSSR count). The Balaban J connectivity index is 1.95. The standard InChI is InChI=1S/C16H15ClFNO3S2/c1-24(21,22)13-5-6-14(18)15(8-13)19-16(20)10-23-9-11-3-2-4-12(17)7-11/h2-8H,9-10H2,1H3,(H,19,20).